The molecule has 1 aromatic heterocycles. The van der Waals surface area contributed by atoms with Crippen molar-refractivity contribution in [3.05, 3.63) is 46.7 Å². The zero-order valence-electron chi connectivity index (χ0n) is 17.6. The van der Waals surface area contributed by atoms with E-state index in [9.17, 15) is 4.79 Å². The summed E-state index contributed by atoms with van der Waals surface area (Å²) in [4.78, 5) is 12.8. The molecule has 1 fully saturated rings. The molecule has 7 nitrogen and oxygen atoms in total. The Morgan fingerprint density at radius 1 is 1.33 bits per heavy atom. The lowest BCUT2D eigenvalue weighted by Gasteiger charge is -2.63. The van der Waals surface area contributed by atoms with E-state index in [0.29, 0.717) is 35.0 Å². The highest BCUT2D eigenvalue weighted by Crippen LogP contribution is 2.55. The topological polar surface area (TPSA) is 100 Å². The van der Waals surface area contributed by atoms with Gasteiger partial charge < -0.3 is 15.2 Å². The number of hydrogen-bond acceptors (Lipinski definition) is 5. The molecule has 1 aliphatic carbocycles. The molecule has 0 saturated heterocycles. The van der Waals surface area contributed by atoms with Crippen LogP contribution in [-0.2, 0) is 6.54 Å². The lowest BCUT2D eigenvalue weighted by atomic mass is 9.49. The lowest BCUT2D eigenvalue weighted by Crippen LogP contribution is -2.74. The van der Waals surface area contributed by atoms with Crippen molar-refractivity contribution in [2.24, 2.45) is 10.8 Å². The van der Waals surface area contributed by atoms with E-state index < -0.39 is 0 Å². The van der Waals surface area contributed by atoms with E-state index in [1.165, 1.54) is 0 Å². The molecule has 1 saturated carbocycles. The SMILES string of the molecule is CC1(C)C(NC(=O)c2ccn(CCCO)n2)C(C)(C)C1Oc1ccc(C#N)c(Cl)c1. The van der Waals surface area contributed by atoms with Gasteiger partial charge in [0.05, 0.1) is 10.6 Å². The van der Waals surface area contributed by atoms with Gasteiger partial charge in [-0.25, -0.2) is 0 Å². The Hall–Kier alpha value is -2.56. The highest BCUT2D eigenvalue weighted by atomic mass is 35.5. The summed E-state index contributed by atoms with van der Waals surface area (Å²) in [7, 11) is 0. The number of rotatable bonds is 7. The molecule has 2 aromatic rings. The molecule has 1 aliphatic rings. The van der Waals surface area contributed by atoms with Crippen LogP contribution in [-0.4, -0.2) is 39.5 Å². The van der Waals surface area contributed by atoms with Crippen LogP contribution in [0.2, 0.25) is 5.02 Å². The quantitative estimate of drug-likeness (QED) is 0.701. The first-order valence-electron chi connectivity index (χ1n) is 9.92. The van der Waals surface area contributed by atoms with Crippen LogP contribution in [0.25, 0.3) is 0 Å². The fourth-order valence-electron chi connectivity index (χ4n) is 4.64. The minimum atomic E-state index is -0.334. The Balaban J connectivity index is 1.70. The summed E-state index contributed by atoms with van der Waals surface area (Å²) in [6, 6.07) is 8.62. The van der Waals surface area contributed by atoms with Gasteiger partial charge in [-0.2, -0.15) is 10.4 Å². The number of amides is 1. The third-order valence-corrected chi connectivity index (χ3v) is 6.16. The van der Waals surface area contributed by atoms with Crippen molar-refractivity contribution >= 4 is 17.5 Å². The molecular weight excluding hydrogens is 404 g/mol. The van der Waals surface area contributed by atoms with E-state index in [4.69, 9.17) is 26.7 Å². The van der Waals surface area contributed by atoms with Crippen LogP contribution in [0.1, 0.15) is 50.2 Å². The highest BCUT2D eigenvalue weighted by molar-refractivity contribution is 6.31. The van der Waals surface area contributed by atoms with Gasteiger partial charge in [0.15, 0.2) is 0 Å². The van der Waals surface area contributed by atoms with Gasteiger partial charge >= 0.3 is 0 Å². The normalized spacial score (nSPS) is 21.4. The summed E-state index contributed by atoms with van der Waals surface area (Å²) in [5.41, 5.74) is 0.0836. The maximum Gasteiger partial charge on any atom is 0.272 e. The second kappa shape index (κ2) is 8.29. The van der Waals surface area contributed by atoms with Crippen molar-refractivity contribution in [2.75, 3.05) is 6.61 Å². The second-order valence-electron chi connectivity index (χ2n) is 8.84. The van der Waals surface area contributed by atoms with Crippen molar-refractivity contribution in [1.82, 2.24) is 15.1 Å². The van der Waals surface area contributed by atoms with Gasteiger partial charge in [-0.05, 0) is 24.6 Å². The van der Waals surface area contributed by atoms with Crippen molar-refractivity contribution < 1.29 is 14.6 Å². The Bertz CT molecular complexity index is 961. The van der Waals surface area contributed by atoms with Crippen molar-refractivity contribution in [2.45, 2.75) is 52.8 Å². The fourth-order valence-corrected chi connectivity index (χ4v) is 4.85. The Labute approximate surface area is 181 Å². The standard InChI is InChI=1S/C22H27ClN4O3/c1-21(2)19(25-18(29)17-8-10-27(26-17)9-5-11-28)22(3,4)20(21)30-15-7-6-14(13-24)16(23)12-15/h6-8,10,12,19-20,28H,5,9,11H2,1-4H3,(H,25,29). The van der Waals surface area contributed by atoms with Gasteiger partial charge in [-0.3, -0.25) is 9.48 Å². The van der Waals surface area contributed by atoms with E-state index >= 15 is 0 Å². The molecule has 1 amide bonds. The van der Waals surface area contributed by atoms with Crippen LogP contribution in [0.5, 0.6) is 5.75 Å². The van der Waals surface area contributed by atoms with E-state index in [-0.39, 0.29) is 35.5 Å². The maximum absolute atomic E-state index is 12.8. The summed E-state index contributed by atoms with van der Waals surface area (Å²) < 4.78 is 7.89. The first-order valence-corrected chi connectivity index (χ1v) is 10.3. The van der Waals surface area contributed by atoms with Crippen LogP contribution in [0.4, 0.5) is 0 Å². The Kier molecular flexibility index (Phi) is 6.11. The maximum atomic E-state index is 12.8. The fraction of sp³-hybridized carbons (Fsp3) is 0.500. The van der Waals surface area contributed by atoms with Crippen LogP contribution in [0.15, 0.2) is 30.5 Å². The van der Waals surface area contributed by atoms with Crippen LogP contribution in [0.3, 0.4) is 0 Å². The summed E-state index contributed by atoms with van der Waals surface area (Å²) in [5.74, 6) is 0.362. The molecule has 160 valence electrons. The van der Waals surface area contributed by atoms with Crippen LogP contribution < -0.4 is 10.1 Å². The molecule has 1 aromatic carbocycles. The second-order valence-corrected chi connectivity index (χ2v) is 9.25. The molecule has 0 radical (unpaired) electrons. The lowest BCUT2D eigenvalue weighted by molar-refractivity contribution is -0.164. The van der Waals surface area contributed by atoms with Gasteiger partial charge in [0, 0.05) is 42.3 Å². The molecule has 30 heavy (non-hydrogen) atoms. The number of aromatic nitrogens is 2. The number of nitrogens with zero attached hydrogens (tertiary/aromatic N) is 3. The third-order valence-electron chi connectivity index (χ3n) is 5.85. The summed E-state index contributed by atoms with van der Waals surface area (Å²) in [5, 5.41) is 25.7. The van der Waals surface area contributed by atoms with Crippen LogP contribution in [0, 0.1) is 22.2 Å². The van der Waals surface area contributed by atoms with E-state index in [0.717, 1.165) is 0 Å². The molecule has 0 aliphatic heterocycles. The predicted octanol–water partition coefficient (Wildman–Crippen LogP) is 3.40. The molecule has 0 spiro atoms. The average Bonchev–Trinajstić information content (AvgIpc) is 3.17. The highest BCUT2D eigenvalue weighted by Gasteiger charge is 2.64. The largest absolute Gasteiger partial charge is 0.489 e. The Morgan fingerprint density at radius 2 is 2.03 bits per heavy atom. The number of benzene rings is 1. The summed E-state index contributed by atoms with van der Waals surface area (Å²) in [6.07, 6.45) is 2.16. The van der Waals surface area contributed by atoms with Crippen molar-refractivity contribution in [1.29, 1.82) is 5.26 Å². The van der Waals surface area contributed by atoms with Crippen molar-refractivity contribution in [3.63, 3.8) is 0 Å². The summed E-state index contributed by atoms with van der Waals surface area (Å²) in [6.45, 7) is 8.86. The summed E-state index contributed by atoms with van der Waals surface area (Å²) >= 11 is 6.13. The predicted molar refractivity (Wildman–Crippen MR) is 113 cm³/mol. The van der Waals surface area contributed by atoms with Crippen LogP contribution >= 0.6 is 11.6 Å². The smallest absolute Gasteiger partial charge is 0.272 e. The zero-order chi connectivity index (χ0) is 22.1. The van der Waals surface area contributed by atoms with Gasteiger partial charge in [0.1, 0.15) is 23.6 Å². The molecule has 8 heteroatoms. The van der Waals surface area contributed by atoms with E-state index in [2.05, 4.69) is 38.1 Å². The minimum absolute atomic E-state index is 0.0810. The molecular formula is C22H27ClN4O3. The van der Waals surface area contributed by atoms with Gasteiger partial charge in [-0.15, -0.1) is 0 Å². The molecule has 0 atom stereocenters. The number of carbonyl (C=O) groups is 1. The molecule has 2 N–H and O–H groups in total. The van der Waals surface area contributed by atoms with Gasteiger partial charge in [0.25, 0.3) is 5.91 Å². The Morgan fingerprint density at radius 3 is 2.63 bits per heavy atom. The monoisotopic (exact) mass is 430 g/mol. The van der Waals surface area contributed by atoms with Gasteiger partial charge in [-0.1, -0.05) is 39.3 Å². The molecule has 0 bridgehead atoms. The van der Waals surface area contributed by atoms with Crippen molar-refractivity contribution in [3.8, 4) is 11.8 Å². The number of halogens is 1. The molecule has 3 rings (SSSR count). The third kappa shape index (κ3) is 4.03. The van der Waals surface area contributed by atoms with Gasteiger partial charge in [0.2, 0.25) is 0 Å². The zero-order valence-corrected chi connectivity index (χ0v) is 18.4. The number of ether oxygens (including phenoxy) is 1. The number of hydrogen-bond donors (Lipinski definition) is 2. The average molecular weight is 431 g/mol. The number of aliphatic hydroxyl groups excluding tert-OH is 1. The van der Waals surface area contributed by atoms with E-state index in [1.54, 1.807) is 35.1 Å². The molecule has 0 unspecified atom stereocenters. The number of aryl methyl sites for hydroxylation is 1. The number of carbonyl (C=O) groups excluding carboxylic acids is 1. The first kappa shape index (κ1) is 22.1. The number of nitriles is 1. The first-order chi connectivity index (χ1) is 14.1. The van der Waals surface area contributed by atoms with E-state index in [1.807, 2.05) is 6.07 Å². The number of aliphatic hydroxyl groups is 1. The minimum Gasteiger partial charge on any atom is -0.489 e. The number of nitrogens with one attached hydrogen (secondary N) is 1. The molecule has 1 heterocycles.